The zero-order chi connectivity index (χ0) is 52.1. The average molecular weight is 1000 g/mol. The monoisotopic (exact) mass is 1000 g/mol. The maximum atomic E-state index is 13.9. The first-order valence-electron chi connectivity index (χ1n) is 23.4. The molecule has 19 N–H and O–H groups in total. The second kappa shape index (κ2) is 33.7. The molecule has 0 bridgehead atoms. The Hall–Kier alpha value is -5.76. The third kappa shape index (κ3) is 26.5. The van der Waals surface area contributed by atoms with Gasteiger partial charge in [-0.25, -0.2) is 4.79 Å². The van der Waals surface area contributed by atoms with Crippen molar-refractivity contribution in [1.82, 2.24) is 37.2 Å². The van der Waals surface area contributed by atoms with Crippen LogP contribution in [0.5, 0.6) is 0 Å². The molecular formula is C43H77N13O12S. The maximum Gasteiger partial charge on any atom is 0.326 e. The summed E-state index contributed by atoms with van der Waals surface area (Å²) < 4.78 is 0. The molecule has 1 rings (SSSR count). The molecule has 0 aromatic heterocycles. The molecular weight excluding hydrogens is 923 g/mol. The minimum atomic E-state index is -1.73. The normalized spacial score (nSPS) is 15.6. The summed E-state index contributed by atoms with van der Waals surface area (Å²) in [6.07, 6.45) is 6.75. The van der Waals surface area contributed by atoms with E-state index < -0.39 is 121 Å². The van der Waals surface area contributed by atoms with Crippen molar-refractivity contribution < 1.29 is 58.2 Å². The minimum Gasteiger partial charge on any atom is -0.481 e. The number of aliphatic carboxylic acids is 2. The Kier molecular flexibility index (Phi) is 29.9. The first-order chi connectivity index (χ1) is 32.6. The van der Waals surface area contributed by atoms with E-state index in [4.69, 9.17) is 28.7 Å². The largest absolute Gasteiger partial charge is 0.481 e. The smallest absolute Gasteiger partial charge is 0.326 e. The van der Waals surface area contributed by atoms with Gasteiger partial charge in [0.2, 0.25) is 47.3 Å². The highest BCUT2D eigenvalue weighted by atomic mass is 32.2. The van der Waals surface area contributed by atoms with Crippen molar-refractivity contribution >= 4 is 76.9 Å². The van der Waals surface area contributed by atoms with Crippen molar-refractivity contribution in [2.45, 2.75) is 159 Å². The van der Waals surface area contributed by atoms with E-state index in [1.165, 1.54) is 11.8 Å². The fraction of sp³-hybridized carbons (Fsp3) is 0.744. The number of hydrogen-bond acceptors (Lipinski definition) is 14. The number of unbranched alkanes of at least 4 members (excludes halogenated alkanes) is 1. The number of carboxylic acids is 2. The van der Waals surface area contributed by atoms with Crippen LogP contribution in [0.4, 0.5) is 0 Å². The molecule has 1 fully saturated rings. The second-order valence-electron chi connectivity index (χ2n) is 17.6. The molecule has 8 amide bonds. The van der Waals surface area contributed by atoms with E-state index in [0.29, 0.717) is 25.8 Å². The topological polar surface area (TPSA) is 438 Å². The molecule has 0 unspecified atom stereocenters. The predicted molar refractivity (Wildman–Crippen MR) is 257 cm³/mol. The number of carbonyl (C=O) groups excluding carboxylic acids is 8. The number of amides is 8. The molecule has 7 atom stereocenters. The first-order valence-corrected chi connectivity index (χ1v) is 24.8. The van der Waals surface area contributed by atoms with Gasteiger partial charge in [-0.2, -0.15) is 11.8 Å². The highest BCUT2D eigenvalue weighted by molar-refractivity contribution is 7.98. The van der Waals surface area contributed by atoms with Crippen LogP contribution in [-0.2, 0) is 47.9 Å². The standard InChI is InChI=1S/C43H77N13O12S/c1-24(2)20-31(37(62)50-23-34(58)51-30(42(67)68)13-9-18-49-43(47)48)55-39(64)28(14-15-33(46)57)53-40(65)29(16-19-69-3)54-41(66)32(22-35(59)60)56-38(63)27(12-7-8-17-44)52-36(61)26(45)21-25-10-5-4-6-11-25/h24-32H,4-23,44-45H2,1-3H3,(H2,46,57)(H,50,62)(H,51,58)(H,52,61)(H,53,65)(H,54,66)(H,55,64)(H,56,63)(H,59,60)(H,67,68)(H4,47,48,49)/t26-,27-,28-,29-,30-,31-,32-/m0/s1. The Labute approximate surface area is 407 Å². The molecule has 0 aliphatic heterocycles. The van der Waals surface area contributed by atoms with Crippen LogP contribution in [0.1, 0.15) is 117 Å². The number of rotatable bonds is 35. The number of carboxylic acid groups (broad SMARTS) is 2. The van der Waals surface area contributed by atoms with Gasteiger partial charge in [0.05, 0.1) is 19.0 Å². The maximum absolute atomic E-state index is 13.9. The van der Waals surface area contributed by atoms with Crippen molar-refractivity contribution in [3.05, 3.63) is 0 Å². The number of hydrogen-bond donors (Lipinski definition) is 14. The SMILES string of the molecule is CSCC[C@H](NC(=O)[C@H](CC(=O)O)NC(=O)[C@H](CCCCN)NC(=O)[C@@H](N)CC1CCCCC1)C(=O)N[C@@H](CCC(N)=O)C(=O)N[C@@H](CC(C)C)C(=O)NCC(=O)N[C@@H](CCCN=C(N)N)C(=O)O. The van der Waals surface area contributed by atoms with Crippen LogP contribution in [0.25, 0.3) is 0 Å². The molecule has 0 saturated heterocycles. The summed E-state index contributed by atoms with van der Waals surface area (Å²) in [6.45, 7) is 3.25. The third-order valence-corrected chi connectivity index (χ3v) is 11.8. The number of carbonyl (C=O) groups is 10. The van der Waals surface area contributed by atoms with Crippen LogP contribution in [0.2, 0.25) is 0 Å². The minimum absolute atomic E-state index is 0.0228. The Morgan fingerprint density at radius 1 is 0.652 bits per heavy atom. The van der Waals surface area contributed by atoms with Gasteiger partial charge in [-0.15, -0.1) is 0 Å². The van der Waals surface area contributed by atoms with E-state index in [9.17, 15) is 58.2 Å². The van der Waals surface area contributed by atoms with Gasteiger partial charge in [0.1, 0.15) is 36.3 Å². The summed E-state index contributed by atoms with van der Waals surface area (Å²) in [6, 6.07) is -9.39. The molecule has 0 radical (unpaired) electrons. The van der Waals surface area contributed by atoms with Crippen molar-refractivity contribution in [3.63, 3.8) is 0 Å². The molecule has 1 aliphatic rings. The molecule has 69 heavy (non-hydrogen) atoms. The summed E-state index contributed by atoms with van der Waals surface area (Å²) in [4.78, 5) is 134. The van der Waals surface area contributed by atoms with Gasteiger partial charge in [-0.1, -0.05) is 46.0 Å². The number of guanidine groups is 1. The fourth-order valence-corrected chi connectivity index (χ4v) is 7.93. The quantitative estimate of drug-likeness (QED) is 0.0172. The third-order valence-electron chi connectivity index (χ3n) is 11.1. The predicted octanol–water partition coefficient (Wildman–Crippen LogP) is -2.88. The van der Waals surface area contributed by atoms with Crippen molar-refractivity contribution in [2.75, 3.05) is 31.6 Å². The van der Waals surface area contributed by atoms with Crippen LogP contribution in [0.15, 0.2) is 4.99 Å². The lowest BCUT2D eigenvalue weighted by Gasteiger charge is -2.28. The van der Waals surface area contributed by atoms with Crippen LogP contribution >= 0.6 is 11.8 Å². The Bertz CT molecular complexity index is 1750. The number of primary amides is 1. The van der Waals surface area contributed by atoms with Gasteiger partial charge in [0.25, 0.3) is 0 Å². The van der Waals surface area contributed by atoms with Gasteiger partial charge in [0, 0.05) is 13.0 Å². The van der Waals surface area contributed by atoms with E-state index in [1.807, 2.05) is 0 Å². The molecule has 26 heteroatoms. The van der Waals surface area contributed by atoms with Crippen molar-refractivity contribution in [1.29, 1.82) is 0 Å². The van der Waals surface area contributed by atoms with E-state index in [-0.39, 0.29) is 68.6 Å². The zero-order valence-electron chi connectivity index (χ0n) is 40.1. The lowest BCUT2D eigenvalue weighted by Crippen LogP contribution is -2.60. The van der Waals surface area contributed by atoms with Crippen LogP contribution in [-0.4, -0.2) is 149 Å². The summed E-state index contributed by atoms with van der Waals surface area (Å²) in [7, 11) is 0. The Balaban J connectivity index is 3.25. The molecule has 25 nitrogen and oxygen atoms in total. The summed E-state index contributed by atoms with van der Waals surface area (Å²) in [5, 5.41) is 36.5. The number of nitrogens with one attached hydrogen (secondary N) is 7. The molecule has 0 spiro atoms. The number of aliphatic imine (C=N–C) groups is 1. The summed E-state index contributed by atoms with van der Waals surface area (Å²) in [5.41, 5.74) is 27.8. The van der Waals surface area contributed by atoms with Crippen LogP contribution in [0, 0.1) is 11.8 Å². The number of nitrogens with zero attached hydrogens (tertiary/aromatic N) is 1. The van der Waals surface area contributed by atoms with E-state index in [2.05, 4.69) is 42.2 Å². The lowest BCUT2D eigenvalue weighted by molar-refractivity contribution is -0.142. The van der Waals surface area contributed by atoms with Crippen LogP contribution in [0.3, 0.4) is 0 Å². The lowest BCUT2D eigenvalue weighted by atomic mass is 9.85. The number of thioether (sulfide) groups is 1. The highest BCUT2D eigenvalue weighted by Crippen LogP contribution is 2.27. The molecule has 0 aromatic rings. The summed E-state index contributed by atoms with van der Waals surface area (Å²) in [5.74, 6) is -9.52. The van der Waals surface area contributed by atoms with Gasteiger partial charge < -0.3 is 76.1 Å². The van der Waals surface area contributed by atoms with Crippen LogP contribution < -0.4 is 65.9 Å². The summed E-state index contributed by atoms with van der Waals surface area (Å²) >= 11 is 1.30. The molecule has 1 aliphatic carbocycles. The molecule has 392 valence electrons. The van der Waals surface area contributed by atoms with Gasteiger partial charge in [0.15, 0.2) is 5.96 Å². The Morgan fingerprint density at radius 2 is 1.19 bits per heavy atom. The van der Waals surface area contributed by atoms with E-state index >= 15 is 0 Å². The molecule has 1 saturated carbocycles. The average Bonchev–Trinajstić information content (AvgIpc) is 3.27. The first kappa shape index (κ1) is 61.3. The Morgan fingerprint density at radius 3 is 1.72 bits per heavy atom. The number of nitrogens with two attached hydrogens (primary N) is 5. The van der Waals surface area contributed by atoms with Crippen molar-refractivity contribution in [3.8, 4) is 0 Å². The van der Waals surface area contributed by atoms with Gasteiger partial charge in [-0.3, -0.25) is 48.1 Å². The second-order valence-corrected chi connectivity index (χ2v) is 18.6. The van der Waals surface area contributed by atoms with Crippen molar-refractivity contribution in [2.24, 2.45) is 45.5 Å². The highest BCUT2D eigenvalue weighted by Gasteiger charge is 2.34. The fourth-order valence-electron chi connectivity index (χ4n) is 7.46. The van der Waals surface area contributed by atoms with E-state index in [1.54, 1.807) is 20.1 Å². The van der Waals surface area contributed by atoms with Gasteiger partial charge >= 0.3 is 11.9 Å². The molecule has 0 heterocycles. The zero-order valence-corrected chi connectivity index (χ0v) is 40.9. The van der Waals surface area contributed by atoms with E-state index in [0.717, 1.165) is 32.1 Å². The van der Waals surface area contributed by atoms with Gasteiger partial charge in [-0.05, 0) is 88.2 Å². The molecule has 0 aromatic carbocycles.